The third-order valence-electron chi connectivity index (χ3n) is 1.66. The molecule has 2 rings (SSSR count). The molecule has 0 aliphatic rings. The van der Waals surface area contributed by atoms with Gasteiger partial charge in [-0.3, -0.25) is 4.79 Å². The highest BCUT2D eigenvalue weighted by Crippen LogP contribution is 2.24. The molecule has 0 aliphatic heterocycles. The maximum atomic E-state index is 10.9. The molecule has 0 spiro atoms. The predicted octanol–water partition coefficient (Wildman–Crippen LogP) is 1.32. The van der Waals surface area contributed by atoms with Gasteiger partial charge in [0.2, 0.25) is 5.88 Å². The molecule has 0 radical (unpaired) electrons. The lowest BCUT2D eigenvalue weighted by Gasteiger charge is -1.99. The van der Waals surface area contributed by atoms with Crippen LogP contribution in [-0.4, -0.2) is 21.0 Å². The number of nitrogens with one attached hydrogen (secondary N) is 1. The van der Waals surface area contributed by atoms with Crippen molar-refractivity contribution in [3.8, 4) is 11.6 Å². The van der Waals surface area contributed by atoms with Crippen LogP contribution in [0.4, 0.5) is 0 Å². The smallest absolute Gasteiger partial charge is 0.346 e. The van der Waals surface area contributed by atoms with Gasteiger partial charge in [-0.15, -0.1) is 11.3 Å². The highest BCUT2D eigenvalue weighted by Gasteiger charge is 2.08. The van der Waals surface area contributed by atoms with Crippen LogP contribution in [0.2, 0.25) is 0 Å². The first-order valence-corrected chi connectivity index (χ1v) is 5.07. The van der Waals surface area contributed by atoms with E-state index in [2.05, 4.69) is 9.97 Å². The number of hydrogen-bond acceptors (Lipinski definition) is 5. The molecule has 0 bridgehead atoms. The van der Waals surface area contributed by atoms with Crippen LogP contribution in [0.5, 0.6) is 11.6 Å². The summed E-state index contributed by atoms with van der Waals surface area (Å²) in [6.07, 6.45) is 1.21. The van der Waals surface area contributed by atoms with Gasteiger partial charge in [-0.2, -0.15) is 0 Å². The van der Waals surface area contributed by atoms with Gasteiger partial charge < -0.3 is 14.8 Å². The summed E-state index contributed by atoms with van der Waals surface area (Å²) in [4.78, 5) is 27.8. The Kier molecular flexibility index (Phi) is 2.69. The molecule has 82 valence electrons. The minimum absolute atomic E-state index is 0.124. The Labute approximate surface area is 93.2 Å². The van der Waals surface area contributed by atoms with Crippen molar-refractivity contribution in [3.05, 3.63) is 39.1 Å². The Morgan fingerprint density at radius 1 is 1.50 bits per heavy atom. The molecule has 0 saturated carbocycles. The molecule has 16 heavy (non-hydrogen) atoms. The van der Waals surface area contributed by atoms with Gasteiger partial charge >= 0.3 is 5.97 Å². The van der Waals surface area contributed by atoms with Crippen molar-refractivity contribution in [2.45, 2.75) is 0 Å². The van der Waals surface area contributed by atoms with Crippen molar-refractivity contribution in [1.82, 2.24) is 9.97 Å². The van der Waals surface area contributed by atoms with Gasteiger partial charge in [-0.25, -0.2) is 9.78 Å². The van der Waals surface area contributed by atoms with E-state index in [0.717, 1.165) is 11.3 Å². The Balaban J connectivity index is 2.20. The van der Waals surface area contributed by atoms with E-state index in [0.29, 0.717) is 5.75 Å². The SMILES string of the molecule is O=C(O)c1cc(Oc2cc(=O)[nH]cn2)cs1. The summed E-state index contributed by atoms with van der Waals surface area (Å²) in [5.41, 5.74) is -0.335. The summed E-state index contributed by atoms with van der Waals surface area (Å²) >= 11 is 1.04. The van der Waals surface area contributed by atoms with Crippen LogP contribution < -0.4 is 10.3 Å². The van der Waals surface area contributed by atoms with Gasteiger partial charge in [0.05, 0.1) is 12.4 Å². The lowest BCUT2D eigenvalue weighted by molar-refractivity contribution is 0.0702. The van der Waals surface area contributed by atoms with E-state index >= 15 is 0 Å². The normalized spacial score (nSPS) is 10.0. The Morgan fingerprint density at radius 3 is 2.94 bits per heavy atom. The highest BCUT2D eigenvalue weighted by molar-refractivity contribution is 7.12. The molecule has 0 saturated heterocycles. The fraction of sp³-hybridized carbons (Fsp3) is 0. The number of ether oxygens (including phenoxy) is 1. The standard InChI is InChI=1S/C9H6N2O4S/c12-7-2-8(11-4-10-7)15-5-1-6(9(13)14)16-3-5/h1-4H,(H,13,14)(H,10,11,12). The van der Waals surface area contributed by atoms with Crippen LogP contribution >= 0.6 is 11.3 Å². The van der Waals surface area contributed by atoms with E-state index < -0.39 is 5.97 Å². The minimum Gasteiger partial charge on any atom is -0.477 e. The molecule has 0 aromatic carbocycles. The minimum atomic E-state index is -1.02. The van der Waals surface area contributed by atoms with Gasteiger partial charge in [-0.05, 0) is 0 Å². The summed E-state index contributed by atoms with van der Waals surface area (Å²) < 4.78 is 5.21. The van der Waals surface area contributed by atoms with E-state index in [-0.39, 0.29) is 16.3 Å². The second kappa shape index (κ2) is 4.15. The summed E-state index contributed by atoms with van der Waals surface area (Å²) in [7, 11) is 0. The molecule has 0 atom stereocenters. The quantitative estimate of drug-likeness (QED) is 0.841. The molecule has 0 aliphatic carbocycles. The number of rotatable bonds is 3. The van der Waals surface area contributed by atoms with E-state index in [1.165, 1.54) is 23.8 Å². The molecule has 2 heterocycles. The molecule has 0 amide bonds. The van der Waals surface area contributed by atoms with Gasteiger partial charge in [0.1, 0.15) is 10.6 Å². The number of thiophene rings is 1. The number of hydrogen-bond donors (Lipinski definition) is 2. The van der Waals surface area contributed by atoms with Crippen molar-refractivity contribution >= 4 is 17.3 Å². The number of aromatic nitrogens is 2. The summed E-state index contributed by atoms with van der Waals surface area (Å²) in [5.74, 6) is -0.544. The topological polar surface area (TPSA) is 92.3 Å². The van der Waals surface area contributed by atoms with E-state index in [9.17, 15) is 9.59 Å². The zero-order valence-electron chi connectivity index (χ0n) is 7.84. The van der Waals surface area contributed by atoms with Gasteiger partial charge in [0, 0.05) is 11.4 Å². The molecule has 0 unspecified atom stereocenters. The first-order chi connectivity index (χ1) is 7.65. The third kappa shape index (κ3) is 2.26. The Morgan fingerprint density at radius 2 is 2.31 bits per heavy atom. The highest BCUT2D eigenvalue weighted by atomic mass is 32.1. The number of aromatic amines is 1. The van der Waals surface area contributed by atoms with Crippen molar-refractivity contribution in [3.63, 3.8) is 0 Å². The number of nitrogens with zero attached hydrogens (tertiary/aromatic N) is 1. The monoisotopic (exact) mass is 238 g/mol. The molecule has 6 nitrogen and oxygen atoms in total. The fourth-order valence-electron chi connectivity index (χ4n) is 1.01. The van der Waals surface area contributed by atoms with Crippen LogP contribution in [0, 0.1) is 0 Å². The molecular weight excluding hydrogens is 232 g/mol. The number of carboxylic acid groups (broad SMARTS) is 1. The lowest BCUT2D eigenvalue weighted by Crippen LogP contribution is -2.04. The molecule has 0 fully saturated rings. The number of carboxylic acids is 1. The predicted molar refractivity (Wildman–Crippen MR) is 56.2 cm³/mol. The first-order valence-electron chi connectivity index (χ1n) is 4.19. The van der Waals surface area contributed by atoms with Crippen LogP contribution in [0.25, 0.3) is 0 Å². The summed E-state index contributed by atoms with van der Waals surface area (Å²) in [6.45, 7) is 0. The number of carbonyl (C=O) groups is 1. The molecular formula is C9H6N2O4S. The summed E-state index contributed by atoms with van der Waals surface area (Å²) in [5, 5.41) is 10.2. The first kappa shape index (κ1) is 10.4. The van der Waals surface area contributed by atoms with E-state index in [4.69, 9.17) is 9.84 Å². The number of aromatic carboxylic acids is 1. The molecule has 7 heteroatoms. The Hall–Kier alpha value is -2.15. The van der Waals surface area contributed by atoms with Crippen LogP contribution in [0.3, 0.4) is 0 Å². The van der Waals surface area contributed by atoms with Crippen molar-refractivity contribution < 1.29 is 14.6 Å². The van der Waals surface area contributed by atoms with Gasteiger partial charge in [0.25, 0.3) is 5.56 Å². The largest absolute Gasteiger partial charge is 0.477 e. The second-order valence-electron chi connectivity index (χ2n) is 2.80. The average molecular weight is 238 g/mol. The maximum Gasteiger partial charge on any atom is 0.346 e. The van der Waals surface area contributed by atoms with Crippen molar-refractivity contribution in [2.75, 3.05) is 0 Å². The second-order valence-corrected chi connectivity index (χ2v) is 3.71. The van der Waals surface area contributed by atoms with Gasteiger partial charge in [0.15, 0.2) is 0 Å². The van der Waals surface area contributed by atoms with E-state index in [1.54, 1.807) is 0 Å². The molecule has 2 aromatic heterocycles. The maximum absolute atomic E-state index is 10.9. The molecule has 2 N–H and O–H groups in total. The lowest BCUT2D eigenvalue weighted by atomic mass is 10.4. The average Bonchev–Trinajstić information content (AvgIpc) is 2.66. The van der Waals surface area contributed by atoms with Crippen LogP contribution in [0.15, 0.2) is 28.6 Å². The van der Waals surface area contributed by atoms with Crippen LogP contribution in [-0.2, 0) is 0 Å². The zero-order chi connectivity index (χ0) is 11.5. The fourth-order valence-corrected chi connectivity index (χ4v) is 1.66. The van der Waals surface area contributed by atoms with Gasteiger partial charge in [-0.1, -0.05) is 0 Å². The van der Waals surface area contributed by atoms with Crippen molar-refractivity contribution in [2.24, 2.45) is 0 Å². The van der Waals surface area contributed by atoms with Crippen LogP contribution in [0.1, 0.15) is 9.67 Å². The van der Waals surface area contributed by atoms with Crippen molar-refractivity contribution in [1.29, 1.82) is 0 Å². The number of H-pyrrole nitrogens is 1. The molecule has 2 aromatic rings. The zero-order valence-corrected chi connectivity index (χ0v) is 8.65. The Bertz CT molecular complexity index is 575. The van der Waals surface area contributed by atoms with E-state index in [1.807, 2.05) is 0 Å². The third-order valence-corrected chi connectivity index (χ3v) is 2.56. The summed E-state index contributed by atoms with van der Waals surface area (Å²) in [6, 6.07) is 2.55.